The molecule has 29 heavy (non-hydrogen) atoms. The van der Waals surface area contributed by atoms with E-state index in [2.05, 4.69) is 54.6 Å². The average Bonchev–Trinajstić information content (AvgIpc) is 3.27. The maximum atomic E-state index is 5.43. The van der Waals surface area contributed by atoms with Crippen molar-refractivity contribution in [3.05, 3.63) is 60.3 Å². The van der Waals surface area contributed by atoms with Gasteiger partial charge >= 0.3 is 0 Å². The fourth-order valence-corrected chi connectivity index (χ4v) is 3.59. The molecule has 0 unspecified atom stereocenters. The number of hydrogen-bond acceptors (Lipinski definition) is 8. The van der Waals surface area contributed by atoms with E-state index < -0.39 is 0 Å². The van der Waals surface area contributed by atoms with Crippen LogP contribution >= 0.6 is 0 Å². The van der Waals surface area contributed by atoms with Gasteiger partial charge in [0.2, 0.25) is 12.7 Å². The summed E-state index contributed by atoms with van der Waals surface area (Å²) in [4.78, 5) is 9.29. The van der Waals surface area contributed by atoms with Gasteiger partial charge in [-0.1, -0.05) is 24.3 Å². The highest BCUT2D eigenvalue weighted by atomic mass is 16.7. The average molecular weight is 390 g/mol. The Kier molecular flexibility index (Phi) is 4.73. The minimum atomic E-state index is 0.277. The summed E-state index contributed by atoms with van der Waals surface area (Å²) >= 11 is 0. The topological polar surface area (TPSA) is 75.6 Å². The van der Waals surface area contributed by atoms with Gasteiger partial charge in [0, 0.05) is 38.4 Å². The van der Waals surface area contributed by atoms with Crippen molar-refractivity contribution in [1.82, 2.24) is 15.2 Å². The van der Waals surface area contributed by atoms with Crippen LogP contribution < -0.4 is 24.6 Å². The lowest BCUT2D eigenvalue weighted by atomic mass is 10.2. The number of para-hydroxylation sites is 1. The number of benzene rings is 2. The molecule has 8 heteroatoms. The van der Waals surface area contributed by atoms with Crippen molar-refractivity contribution in [1.29, 1.82) is 0 Å². The first kappa shape index (κ1) is 17.5. The molecule has 1 N–H and O–H groups in total. The molecule has 0 atom stereocenters. The molecule has 0 aliphatic carbocycles. The molecule has 0 spiro atoms. The Morgan fingerprint density at radius 2 is 1.69 bits per heavy atom. The number of fused-ring (bicyclic) bond motifs is 1. The fourth-order valence-electron chi connectivity index (χ4n) is 3.59. The Hall–Kier alpha value is -3.55. The monoisotopic (exact) mass is 390 g/mol. The first-order valence-electron chi connectivity index (χ1n) is 9.72. The highest BCUT2D eigenvalue weighted by Crippen LogP contribution is 2.32. The Labute approximate surface area is 169 Å². The lowest BCUT2D eigenvalue weighted by Crippen LogP contribution is -2.46. The van der Waals surface area contributed by atoms with Crippen LogP contribution in [0.2, 0.25) is 0 Å². The zero-order valence-corrected chi connectivity index (χ0v) is 16.0. The van der Waals surface area contributed by atoms with Crippen molar-refractivity contribution < 1.29 is 9.47 Å². The second kappa shape index (κ2) is 7.83. The van der Waals surface area contributed by atoms with E-state index in [-0.39, 0.29) is 6.79 Å². The van der Waals surface area contributed by atoms with Crippen molar-refractivity contribution in [3.63, 3.8) is 0 Å². The smallest absolute Gasteiger partial charge is 0.244 e. The number of piperazine rings is 1. The first-order chi connectivity index (χ1) is 14.3. The molecule has 1 fully saturated rings. The minimum Gasteiger partial charge on any atom is -0.454 e. The highest BCUT2D eigenvalue weighted by molar-refractivity contribution is 5.50. The van der Waals surface area contributed by atoms with Gasteiger partial charge in [0.25, 0.3) is 0 Å². The molecule has 0 saturated carbocycles. The van der Waals surface area contributed by atoms with Gasteiger partial charge in [-0.3, -0.25) is 0 Å². The SMILES string of the molecule is c1ccc(N2CCN(c3cnnc(NCc4ccc5c(c4)OCO5)n3)CC2)cc1. The number of rotatable bonds is 5. The molecular weight excluding hydrogens is 368 g/mol. The lowest BCUT2D eigenvalue weighted by molar-refractivity contribution is 0.174. The summed E-state index contributed by atoms with van der Waals surface area (Å²) in [5, 5.41) is 11.5. The summed E-state index contributed by atoms with van der Waals surface area (Å²) in [6, 6.07) is 16.4. The summed E-state index contributed by atoms with van der Waals surface area (Å²) in [6.07, 6.45) is 1.73. The normalized spacial score (nSPS) is 15.4. The summed E-state index contributed by atoms with van der Waals surface area (Å²) in [7, 11) is 0. The predicted molar refractivity (Wildman–Crippen MR) is 111 cm³/mol. The Bertz CT molecular complexity index is 976. The van der Waals surface area contributed by atoms with Gasteiger partial charge in [-0.25, -0.2) is 0 Å². The summed E-state index contributed by atoms with van der Waals surface area (Å²) in [5.74, 6) is 2.92. The first-order valence-corrected chi connectivity index (χ1v) is 9.72. The third-order valence-electron chi connectivity index (χ3n) is 5.16. The van der Waals surface area contributed by atoms with Gasteiger partial charge in [0.1, 0.15) is 0 Å². The van der Waals surface area contributed by atoms with Crippen molar-refractivity contribution in [2.24, 2.45) is 0 Å². The number of nitrogens with zero attached hydrogens (tertiary/aromatic N) is 5. The molecule has 8 nitrogen and oxygen atoms in total. The third-order valence-corrected chi connectivity index (χ3v) is 5.16. The van der Waals surface area contributed by atoms with Gasteiger partial charge < -0.3 is 24.6 Å². The van der Waals surface area contributed by atoms with Gasteiger partial charge in [-0.2, -0.15) is 10.1 Å². The van der Waals surface area contributed by atoms with Crippen molar-refractivity contribution in [3.8, 4) is 11.5 Å². The lowest BCUT2D eigenvalue weighted by Gasteiger charge is -2.36. The molecule has 0 amide bonds. The molecule has 2 aliphatic heterocycles. The van der Waals surface area contributed by atoms with E-state index in [1.807, 2.05) is 24.3 Å². The van der Waals surface area contributed by atoms with Gasteiger partial charge in [-0.15, -0.1) is 5.10 Å². The van der Waals surface area contributed by atoms with Gasteiger partial charge in [0.15, 0.2) is 17.3 Å². The Morgan fingerprint density at radius 3 is 2.55 bits per heavy atom. The molecule has 3 aromatic rings. The van der Waals surface area contributed by atoms with Crippen molar-refractivity contribution in [2.75, 3.05) is 48.1 Å². The van der Waals surface area contributed by atoms with E-state index >= 15 is 0 Å². The maximum Gasteiger partial charge on any atom is 0.244 e. The zero-order valence-electron chi connectivity index (χ0n) is 16.0. The van der Waals surface area contributed by atoms with Crippen LogP contribution in [0.15, 0.2) is 54.7 Å². The molecule has 1 saturated heterocycles. The maximum absolute atomic E-state index is 5.43. The second-order valence-electron chi connectivity index (χ2n) is 6.99. The fraction of sp³-hybridized carbons (Fsp3) is 0.286. The summed E-state index contributed by atoms with van der Waals surface area (Å²) in [6.45, 7) is 4.56. The van der Waals surface area contributed by atoms with Crippen LogP contribution in [-0.2, 0) is 6.54 Å². The standard InChI is InChI=1S/C21H22N6O2/c1-2-4-17(5-3-1)26-8-10-27(11-9-26)20-14-23-25-21(24-20)22-13-16-6-7-18-19(12-16)29-15-28-18/h1-7,12,14H,8-11,13,15H2,(H,22,24,25). The molecule has 0 radical (unpaired) electrons. The number of aromatic nitrogens is 3. The largest absolute Gasteiger partial charge is 0.454 e. The van der Waals surface area contributed by atoms with E-state index in [0.717, 1.165) is 49.1 Å². The van der Waals surface area contributed by atoms with E-state index in [9.17, 15) is 0 Å². The minimum absolute atomic E-state index is 0.277. The Morgan fingerprint density at radius 1 is 0.897 bits per heavy atom. The second-order valence-corrected chi connectivity index (χ2v) is 6.99. The third kappa shape index (κ3) is 3.87. The molecule has 148 valence electrons. The number of hydrogen-bond donors (Lipinski definition) is 1. The van der Waals surface area contributed by atoms with Crippen LogP contribution in [0.1, 0.15) is 5.56 Å². The van der Waals surface area contributed by atoms with Crippen molar-refractivity contribution in [2.45, 2.75) is 6.54 Å². The quantitative estimate of drug-likeness (QED) is 0.712. The van der Waals surface area contributed by atoms with Gasteiger partial charge in [-0.05, 0) is 29.8 Å². The zero-order chi connectivity index (χ0) is 19.5. The van der Waals surface area contributed by atoms with Crippen LogP contribution in [0.25, 0.3) is 0 Å². The molecule has 2 aliphatic rings. The van der Waals surface area contributed by atoms with Crippen LogP contribution in [-0.4, -0.2) is 48.2 Å². The summed E-state index contributed by atoms with van der Waals surface area (Å²) in [5.41, 5.74) is 2.33. The molecule has 2 aromatic carbocycles. The number of nitrogens with one attached hydrogen (secondary N) is 1. The van der Waals surface area contributed by atoms with Crippen LogP contribution in [0.3, 0.4) is 0 Å². The van der Waals surface area contributed by atoms with Gasteiger partial charge in [0.05, 0.1) is 6.20 Å². The highest BCUT2D eigenvalue weighted by Gasteiger charge is 2.19. The Balaban J connectivity index is 1.20. The van der Waals surface area contributed by atoms with Crippen LogP contribution in [0, 0.1) is 0 Å². The molecule has 5 rings (SSSR count). The number of anilines is 3. The molecular formula is C21H22N6O2. The van der Waals surface area contributed by atoms with E-state index in [4.69, 9.17) is 9.47 Å². The molecule has 3 heterocycles. The van der Waals surface area contributed by atoms with Crippen molar-refractivity contribution >= 4 is 17.5 Å². The predicted octanol–water partition coefficient (Wildman–Crippen LogP) is 2.54. The van der Waals surface area contributed by atoms with E-state index in [0.29, 0.717) is 12.5 Å². The van der Waals surface area contributed by atoms with E-state index in [1.165, 1.54) is 5.69 Å². The molecule has 1 aromatic heterocycles. The van der Waals surface area contributed by atoms with Crippen LogP contribution in [0.5, 0.6) is 11.5 Å². The molecule has 0 bridgehead atoms. The number of ether oxygens (including phenoxy) is 2. The summed E-state index contributed by atoms with van der Waals surface area (Å²) < 4.78 is 10.8. The van der Waals surface area contributed by atoms with Crippen LogP contribution in [0.4, 0.5) is 17.5 Å². The van der Waals surface area contributed by atoms with E-state index in [1.54, 1.807) is 6.20 Å².